The molecule has 0 N–H and O–H groups in total. The number of amides is 1. The molecule has 0 atom stereocenters. The molecule has 6 nitrogen and oxygen atoms in total. The maximum absolute atomic E-state index is 13.7. The number of pyridine rings is 1. The fourth-order valence-electron chi connectivity index (χ4n) is 3.47. The molecule has 0 aliphatic rings. The van der Waals surface area contributed by atoms with Crippen molar-refractivity contribution in [3.63, 3.8) is 0 Å². The zero-order valence-corrected chi connectivity index (χ0v) is 18.7. The van der Waals surface area contributed by atoms with E-state index in [1.165, 1.54) is 11.3 Å². The van der Waals surface area contributed by atoms with Crippen molar-refractivity contribution in [2.24, 2.45) is 0 Å². The number of ether oxygens (including phenoxy) is 2. The number of aromatic nitrogens is 2. The lowest BCUT2D eigenvalue weighted by Crippen LogP contribution is -2.31. The van der Waals surface area contributed by atoms with Crippen molar-refractivity contribution in [3.8, 4) is 11.5 Å². The van der Waals surface area contributed by atoms with Gasteiger partial charge in [-0.3, -0.25) is 14.7 Å². The van der Waals surface area contributed by atoms with Gasteiger partial charge in [0.25, 0.3) is 5.91 Å². The van der Waals surface area contributed by atoms with Crippen LogP contribution in [-0.4, -0.2) is 30.1 Å². The minimum absolute atomic E-state index is 0.125. The van der Waals surface area contributed by atoms with E-state index in [1.807, 2.05) is 62.4 Å². The first kappa shape index (κ1) is 20.8. The predicted octanol–water partition coefficient (Wildman–Crippen LogP) is 5.17. The molecule has 7 heteroatoms. The Balaban J connectivity index is 1.85. The zero-order valence-electron chi connectivity index (χ0n) is 17.9. The van der Waals surface area contributed by atoms with Gasteiger partial charge in [-0.05, 0) is 49.7 Å². The van der Waals surface area contributed by atoms with Crippen LogP contribution in [0.2, 0.25) is 0 Å². The van der Waals surface area contributed by atoms with Crippen LogP contribution < -0.4 is 14.4 Å². The highest BCUT2D eigenvalue weighted by Gasteiger charge is 2.25. The van der Waals surface area contributed by atoms with E-state index in [0.717, 1.165) is 21.5 Å². The number of nitrogens with zero attached hydrogens (tertiary/aromatic N) is 3. The van der Waals surface area contributed by atoms with Crippen molar-refractivity contribution in [1.29, 1.82) is 0 Å². The van der Waals surface area contributed by atoms with Crippen molar-refractivity contribution < 1.29 is 14.3 Å². The lowest BCUT2D eigenvalue weighted by Gasteiger charge is -2.20. The van der Waals surface area contributed by atoms with Gasteiger partial charge in [0.1, 0.15) is 21.7 Å². The minimum atomic E-state index is -0.125. The lowest BCUT2D eigenvalue weighted by molar-refractivity contribution is 0.0984. The van der Waals surface area contributed by atoms with Gasteiger partial charge in [-0.25, -0.2) is 4.98 Å². The summed E-state index contributed by atoms with van der Waals surface area (Å²) in [6.07, 6.45) is 1.72. The van der Waals surface area contributed by atoms with Crippen molar-refractivity contribution in [2.75, 3.05) is 19.1 Å². The molecule has 2 heterocycles. The first-order chi connectivity index (χ1) is 15.0. The molecule has 0 unspecified atom stereocenters. The van der Waals surface area contributed by atoms with E-state index in [-0.39, 0.29) is 5.91 Å². The Morgan fingerprint density at radius 3 is 2.48 bits per heavy atom. The summed E-state index contributed by atoms with van der Waals surface area (Å²) in [7, 11) is 3.22. The normalized spacial score (nSPS) is 10.8. The van der Waals surface area contributed by atoms with Gasteiger partial charge in [-0.15, -0.1) is 0 Å². The van der Waals surface area contributed by atoms with Crippen molar-refractivity contribution >= 4 is 32.6 Å². The number of hydrogen-bond donors (Lipinski definition) is 0. The molecule has 4 aromatic rings. The number of rotatable bonds is 6. The number of methoxy groups -OCH3 is 2. The van der Waals surface area contributed by atoms with Gasteiger partial charge in [0, 0.05) is 11.8 Å². The van der Waals surface area contributed by atoms with Crippen LogP contribution in [0, 0.1) is 13.8 Å². The maximum atomic E-state index is 13.7. The van der Waals surface area contributed by atoms with Crippen LogP contribution in [0.1, 0.15) is 27.2 Å². The molecular weight excluding hydrogens is 410 g/mol. The number of anilines is 1. The number of thiazole rings is 1. The zero-order chi connectivity index (χ0) is 22.0. The van der Waals surface area contributed by atoms with E-state index in [0.29, 0.717) is 34.3 Å². The Morgan fingerprint density at radius 2 is 1.81 bits per heavy atom. The van der Waals surface area contributed by atoms with Crippen LogP contribution in [0.25, 0.3) is 10.2 Å². The molecule has 0 aliphatic carbocycles. The first-order valence-electron chi connectivity index (χ1n) is 9.82. The molecule has 0 aliphatic heterocycles. The third kappa shape index (κ3) is 4.09. The van der Waals surface area contributed by atoms with E-state index >= 15 is 0 Å². The minimum Gasteiger partial charge on any atom is -0.495 e. The second-order valence-corrected chi connectivity index (χ2v) is 8.15. The Kier molecular flexibility index (Phi) is 5.86. The number of aryl methyl sites for hydroxylation is 2. The Morgan fingerprint density at radius 1 is 1.03 bits per heavy atom. The number of carbonyl (C=O) groups excluding carboxylic acids is 1. The van der Waals surface area contributed by atoms with Crippen LogP contribution in [0.3, 0.4) is 0 Å². The molecule has 0 bridgehead atoms. The summed E-state index contributed by atoms with van der Waals surface area (Å²) < 4.78 is 11.8. The van der Waals surface area contributed by atoms with Gasteiger partial charge in [0.15, 0.2) is 5.13 Å². The molecule has 0 saturated carbocycles. The molecule has 0 fully saturated rings. The monoisotopic (exact) mass is 433 g/mol. The van der Waals surface area contributed by atoms with Crippen LogP contribution in [0.15, 0.2) is 54.7 Å². The van der Waals surface area contributed by atoms with Crippen molar-refractivity contribution in [2.45, 2.75) is 20.4 Å². The molecule has 0 spiro atoms. The number of hydrogen-bond acceptors (Lipinski definition) is 6. The van der Waals surface area contributed by atoms with Crippen LogP contribution in [0.5, 0.6) is 11.5 Å². The van der Waals surface area contributed by atoms with Gasteiger partial charge in [-0.2, -0.15) is 0 Å². The quantitative estimate of drug-likeness (QED) is 0.420. The first-order valence-corrected chi connectivity index (χ1v) is 10.6. The topological polar surface area (TPSA) is 64.6 Å². The van der Waals surface area contributed by atoms with Gasteiger partial charge in [-0.1, -0.05) is 35.1 Å². The van der Waals surface area contributed by atoms with Gasteiger partial charge < -0.3 is 9.47 Å². The van der Waals surface area contributed by atoms with E-state index in [1.54, 1.807) is 25.3 Å². The summed E-state index contributed by atoms with van der Waals surface area (Å²) >= 11 is 1.40. The molecular formula is C24H23N3O3S. The molecule has 0 saturated heterocycles. The largest absolute Gasteiger partial charge is 0.495 e. The van der Waals surface area contributed by atoms with Crippen LogP contribution in [-0.2, 0) is 6.54 Å². The summed E-state index contributed by atoms with van der Waals surface area (Å²) in [6, 6.07) is 15.2. The Labute approximate surface area is 185 Å². The molecule has 0 radical (unpaired) electrons. The van der Waals surface area contributed by atoms with Crippen molar-refractivity contribution in [3.05, 3.63) is 77.1 Å². The van der Waals surface area contributed by atoms with E-state index in [9.17, 15) is 4.79 Å². The fourth-order valence-corrected chi connectivity index (χ4v) is 4.54. The highest BCUT2D eigenvalue weighted by molar-refractivity contribution is 7.22. The molecule has 1 amide bonds. The lowest BCUT2D eigenvalue weighted by atomic mass is 10.0. The Hall–Kier alpha value is -3.45. The molecule has 158 valence electrons. The summed E-state index contributed by atoms with van der Waals surface area (Å²) in [4.78, 5) is 24.5. The van der Waals surface area contributed by atoms with Crippen LogP contribution >= 0.6 is 11.3 Å². The summed E-state index contributed by atoms with van der Waals surface area (Å²) in [5.41, 5.74) is 4.12. The average molecular weight is 434 g/mol. The second kappa shape index (κ2) is 8.73. The van der Waals surface area contributed by atoms with Gasteiger partial charge in [0.2, 0.25) is 0 Å². The predicted molar refractivity (Wildman–Crippen MR) is 123 cm³/mol. The highest BCUT2D eigenvalue weighted by atomic mass is 32.1. The maximum Gasteiger partial charge on any atom is 0.260 e. The average Bonchev–Trinajstić information content (AvgIpc) is 3.22. The third-order valence-electron chi connectivity index (χ3n) is 5.03. The standard InChI is InChI=1S/C24H23N3O3S/c1-15-8-9-18(16(2)13-15)23(28)27(14-17-7-5-6-12-25-17)24-26-21-19(29-3)10-11-20(30-4)22(21)31-24/h5-13H,14H2,1-4H3. The van der Waals surface area contributed by atoms with E-state index in [2.05, 4.69) is 4.98 Å². The molecule has 2 aromatic carbocycles. The molecule has 2 aromatic heterocycles. The third-order valence-corrected chi connectivity index (χ3v) is 6.13. The van der Waals surface area contributed by atoms with E-state index < -0.39 is 0 Å². The smallest absolute Gasteiger partial charge is 0.260 e. The number of fused-ring (bicyclic) bond motifs is 1. The number of benzene rings is 2. The van der Waals surface area contributed by atoms with Gasteiger partial charge in [0.05, 0.1) is 26.5 Å². The summed E-state index contributed by atoms with van der Waals surface area (Å²) in [5.74, 6) is 1.20. The fraction of sp³-hybridized carbons (Fsp3) is 0.208. The number of carbonyl (C=O) groups is 1. The molecule has 4 rings (SSSR count). The van der Waals surface area contributed by atoms with E-state index in [4.69, 9.17) is 14.5 Å². The highest BCUT2D eigenvalue weighted by Crippen LogP contribution is 2.40. The second-order valence-electron chi connectivity index (χ2n) is 7.18. The van der Waals surface area contributed by atoms with Crippen LogP contribution in [0.4, 0.5) is 5.13 Å². The molecule has 31 heavy (non-hydrogen) atoms. The summed E-state index contributed by atoms with van der Waals surface area (Å²) in [6.45, 7) is 4.26. The Bertz CT molecular complexity index is 1200. The van der Waals surface area contributed by atoms with Crippen molar-refractivity contribution in [1.82, 2.24) is 9.97 Å². The summed E-state index contributed by atoms with van der Waals surface area (Å²) in [5, 5.41) is 0.563. The SMILES string of the molecule is COc1ccc(OC)c2sc(N(Cc3ccccn3)C(=O)c3ccc(C)cc3C)nc12. The van der Waals surface area contributed by atoms with Gasteiger partial charge >= 0.3 is 0 Å².